The van der Waals surface area contributed by atoms with Crippen LogP contribution in [-0.4, -0.2) is 13.7 Å². The predicted octanol–water partition coefficient (Wildman–Crippen LogP) is 2.44. The number of rotatable bonds is 3. The van der Waals surface area contributed by atoms with Crippen molar-refractivity contribution in [1.82, 2.24) is 0 Å². The van der Waals surface area contributed by atoms with E-state index in [0.29, 0.717) is 6.61 Å². The van der Waals surface area contributed by atoms with E-state index in [-0.39, 0.29) is 0 Å². The van der Waals surface area contributed by atoms with Crippen molar-refractivity contribution < 1.29 is 4.74 Å². The van der Waals surface area contributed by atoms with Crippen LogP contribution < -0.4 is 10.1 Å². The Balaban J connectivity index is 3.00. The van der Waals surface area contributed by atoms with Crippen molar-refractivity contribution in [2.75, 3.05) is 19.0 Å². The molecule has 66 valence electrons. The first kappa shape index (κ1) is 8.91. The topological polar surface area (TPSA) is 21.3 Å². The molecule has 0 saturated heterocycles. The molecule has 0 aromatic heterocycles. The molecule has 0 aliphatic heterocycles. The second-order valence-corrected chi connectivity index (χ2v) is 2.63. The third kappa shape index (κ3) is 1.70. The molecule has 1 aromatic rings. The lowest BCUT2D eigenvalue weighted by atomic mass is 10.2. The highest BCUT2D eigenvalue weighted by Gasteiger charge is 2.02. The molecule has 0 amide bonds. The van der Waals surface area contributed by atoms with E-state index in [1.54, 1.807) is 0 Å². The minimum Gasteiger partial charge on any atom is -0.492 e. The molecule has 0 radical (unpaired) electrons. The summed E-state index contributed by atoms with van der Waals surface area (Å²) in [6.45, 7) is 4.76. The van der Waals surface area contributed by atoms with Crippen LogP contribution in [0.5, 0.6) is 5.75 Å². The Hall–Kier alpha value is -1.18. The van der Waals surface area contributed by atoms with Crippen LogP contribution in [0.1, 0.15) is 12.5 Å². The Morgan fingerprint density at radius 1 is 1.42 bits per heavy atom. The van der Waals surface area contributed by atoms with Crippen LogP contribution >= 0.6 is 0 Å². The van der Waals surface area contributed by atoms with Gasteiger partial charge in [0.25, 0.3) is 0 Å². The predicted molar refractivity (Wildman–Crippen MR) is 51.9 cm³/mol. The number of aryl methyl sites for hydroxylation is 1. The molecular weight excluding hydrogens is 150 g/mol. The van der Waals surface area contributed by atoms with Crippen molar-refractivity contribution in [2.24, 2.45) is 0 Å². The van der Waals surface area contributed by atoms with Crippen LogP contribution in [0.25, 0.3) is 0 Å². The molecule has 0 aliphatic rings. The SMILES string of the molecule is CCOc1cccc(C)c1NC. The molecule has 0 saturated carbocycles. The van der Waals surface area contributed by atoms with Gasteiger partial charge in [0.15, 0.2) is 0 Å². The van der Waals surface area contributed by atoms with Gasteiger partial charge >= 0.3 is 0 Å². The lowest BCUT2D eigenvalue weighted by Gasteiger charge is -2.11. The highest BCUT2D eigenvalue weighted by atomic mass is 16.5. The van der Waals surface area contributed by atoms with Gasteiger partial charge in [0.1, 0.15) is 5.75 Å². The summed E-state index contributed by atoms with van der Waals surface area (Å²) in [5.41, 5.74) is 2.29. The van der Waals surface area contributed by atoms with Gasteiger partial charge in [0, 0.05) is 7.05 Å². The Morgan fingerprint density at radius 3 is 2.75 bits per heavy atom. The van der Waals surface area contributed by atoms with Gasteiger partial charge < -0.3 is 10.1 Å². The third-order valence-electron chi connectivity index (χ3n) is 1.78. The molecule has 1 aromatic carbocycles. The average Bonchev–Trinajstić information content (AvgIpc) is 2.05. The van der Waals surface area contributed by atoms with E-state index in [9.17, 15) is 0 Å². The molecule has 12 heavy (non-hydrogen) atoms. The van der Waals surface area contributed by atoms with Crippen molar-refractivity contribution in [2.45, 2.75) is 13.8 Å². The van der Waals surface area contributed by atoms with E-state index < -0.39 is 0 Å². The maximum atomic E-state index is 5.45. The fourth-order valence-corrected chi connectivity index (χ4v) is 1.24. The largest absolute Gasteiger partial charge is 0.492 e. The first-order valence-corrected chi connectivity index (χ1v) is 4.19. The molecule has 0 heterocycles. The molecule has 0 aliphatic carbocycles. The monoisotopic (exact) mass is 165 g/mol. The molecule has 0 atom stereocenters. The molecule has 1 N–H and O–H groups in total. The van der Waals surface area contributed by atoms with E-state index in [1.807, 2.05) is 26.1 Å². The van der Waals surface area contributed by atoms with Crippen molar-refractivity contribution in [3.05, 3.63) is 23.8 Å². The smallest absolute Gasteiger partial charge is 0.142 e. The highest BCUT2D eigenvalue weighted by molar-refractivity contribution is 5.61. The minimum absolute atomic E-state index is 0.706. The summed E-state index contributed by atoms with van der Waals surface area (Å²) in [6, 6.07) is 6.04. The summed E-state index contributed by atoms with van der Waals surface area (Å²) in [7, 11) is 1.91. The van der Waals surface area contributed by atoms with Crippen LogP contribution in [0.2, 0.25) is 0 Å². The van der Waals surface area contributed by atoms with Crippen molar-refractivity contribution >= 4 is 5.69 Å². The van der Waals surface area contributed by atoms with Crippen molar-refractivity contribution in [3.8, 4) is 5.75 Å². The van der Waals surface area contributed by atoms with E-state index in [4.69, 9.17) is 4.74 Å². The number of anilines is 1. The van der Waals surface area contributed by atoms with Crippen LogP contribution in [0, 0.1) is 6.92 Å². The number of hydrogen-bond acceptors (Lipinski definition) is 2. The standard InChI is InChI=1S/C10H15NO/c1-4-12-9-7-5-6-8(2)10(9)11-3/h5-7,11H,4H2,1-3H3. The molecule has 0 unspecified atom stereocenters. The Kier molecular flexibility index (Phi) is 2.97. The number of benzene rings is 1. The Labute approximate surface area is 73.6 Å². The van der Waals surface area contributed by atoms with Gasteiger partial charge in [0.2, 0.25) is 0 Å². The van der Waals surface area contributed by atoms with Gasteiger partial charge in [-0.1, -0.05) is 12.1 Å². The Morgan fingerprint density at radius 2 is 2.17 bits per heavy atom. The number of nitrogens with one attached hydrogen (secondary N) is 1. The maximum absolute atomic E-state index is 5.45. The van der Waals surface area contributed by atoms with Gasteiger partial charge in [0.05, 0.1) is 12.3 Å². The zero-order valence-corrected chi connectivity index (χ0v) is 7.85. The van der Waals surface area contributed by atoms with Gasteiger partial charge in [-0.3, -0.25) is 0 Å². The zero-order chi connectivity index (χ0) is 8.97. The maximum Gasteiger partial charge on any atom is 0.142 e. The van der Waals surface area contributed by atoms with Crippen LogP contribution in [-0.2, 0) is 0 Å². The third-order valence-corrected chi connectivity index (χ3v) is 1.78. The second-order valence-electron chi connectivity index (χ2n) is 2.63. The number of hydrogen-bond donors (Lipinski definition) is 1. The summed E-state index contributed by atoms with van der Waals surface area (Å²) >= 11 is 0. The summed E-state index contributed by atoms with van der Waals surface area (Å²) in [5.74, 6) is 0.931. The quantitative estimate of drug-likeness (QED) is 0.742. The molecule has 0 bridgehead atoms. The lowest BCUT2D eigenvalue weighted by molar-refractivity contribution is 0.341. The first-order valence-electron chi connectivity index (χ1n) is 4.19. The van der Waals surface area contributed by atoms with Gasteiger partial charge in [-0.05, 0) is 25.5 Å². The molecule has 2 heteroatoms. The van der Waals surface area contributed by atoms with Crippen molar-refractivity contribution in [3.63, 3.8) is 0 Å². The summed E-state index contributed by atoms with van der Waals surface area (Å²) in [4.78, 5) is 0. The second kappa shape index (κ2) is 4.00. The normalized spacial score (nSPS) is 9.58. The fourth-order valence-electron chi connectivity index (χ4n) is 1.24. The van der Waals surface area contributed by atoms with Crippen LogP contribution in [0.3, 0.4) is 0 Å². The van der Waals surface area contributed by atoms with E-state index >= 15 is 0 Å². The van der Waals surface area contributed by atoms with Crippen LogP contribution in [0.15, 0.2) is 18.2 Å². The molecule has 0 spiro atoms. The first-order chi connectivity index (χ1) is 5.79. The van der Waals surface area contributed by atoms with Gasteiger partial charge in [-0.15, -0.1) is 0 Å². The van der Waals surface area contributed by atoms with Gasteiger partial charge in [-0.2, -0.15) is 0 Å². The molecular formula is C10H15NO. The van der Waals surface area contributed by atoms with E-state index in [2.05, 4.69) is 18.3 Å². The van der Waals surface area contributed by atoms with Crippen molar-refractivity contribution in [1.29, 1.82) is 0 Å². The average molecular weight is 165 g/mol. The summed E-state index contributed by atoms with van der Waals surface area (Å²) in [6.07, 6.45) is 0. The highest BCUT2D eigenvalue weighted by Crippen LogP contribution is 2.27. The fraction of sp³-hybridized carbons (Fsp3) is 0.400. The zero-order valence-electron chi connectivity index (χ0n) is 7.85. The minimum atomic E-state index is 0.706. The van der Waals surface area contributed by atoms with Crippen LogP contribution in [0.4, 0.5) is 5.69 Å². The number of ether oxygens (including phenoxy) is 1. The number of para-hydroxylation sites is 1. The van der Waals surface area contributed by atoms with E-state index in [0.717, 1.165) is 11.4 Å². The molecule has 0 fully saturated rings. The lowest BCUT2D eigenvalue weighted by Crippen LogP contribution is -1.98. The van der Waals surface area contributed by atoms with E-state index in [1.165, 1.54) is 5.56 Å². The molecule has 2 nitrogen and oxygen atoms in total. The summed E-state index contributed by atoms with van der Waals surface area (Å²) in [5, 5.41) is 3.12. The molecule has 1 rings (SSSR count). The van der Waals surface area contributed by atoms with Gasteiger partial charge in [-0.25, -0.2) is 0 Å². The summed E-state index contributed by atoms with van der Waals surface area (Å²) < 4.78 is 5.45. The Bertz CT molecular complexity index is 258.